The lowest BCUT2D eigenvalue weighted by Gasteiger charge is -2.42. The Labute approximate surface area is 127 Å². The smallest absolute Gasteiger partial charge is 0.185 e. The first-order valence-corrected chi connectivity index (χ1v) is 8.24. The number of anilines is 1. The van der Waals surface area contributed by atoms with Crippen molar-refractivity contribution in [2.75, 3.05) is 25.0 Å². The van der Waals surface area contributed by atoms with Gasteiger partial charge in [-0.25, -0.2) is 4.98 Å². The van der Waals surface area contributed by atoms with Gasteiger partial charge in [-0.05, 0) is 41.7 Å². The van der Waals surface area contributed by atoms with Gasteiger partial charge in [0.1, 0.15) is 0 Å². The van der Waals surface area contributed by atoms with E-state index in [9.17, 15) is 0 Å². The van der Waals surface area contributed by atoms with Gasteiger partial charge in [0.2, 0.25) is 0 Å². The van der Waals surface area contributed by atoms with E-state index in [0.717, 1.165) is 19.6 Å². The highest BCUT2D eigenvalue weighted by atomic mass is 32.1. The molecule has 114 valence electrons. The van der Waals surface area contributed by atoms with Gasteiger partial charge in [-0.15, -0.1) is 11.3 Å². The molecule has 1 saturated heterocycles. The SMILES string of the molecule is CC1CN(c2ncc(CNC(C)(C)C)s2)CC(C)N1C. The van der Waals surface area contributed by atoms with Crippen molar-refractivity contribution in [3.05, 3.63) is 11.1 Å². The van der Waals surface area contributed by atoms with E-state index in [0.29, 0.717) is 12.1 Å². The highest BCUT2D eigenvalue weighted by Gasteiger charge is 2.27. The zero-order valence-electron chi connectivity index (χ0n) is 13.6. The van der Waals surface area contributed by atoms with Crippen molar-refractivity contribution >= 4 is 16.5 Å². The van der Waals surface area contributed by atoms with Crippen molar-refractivity contribution in [1.82, 2.24) is 15.2 Å². The fourth-order valence-corrected chi connectivity index (χ4v) is 3.31. The van der Waals surface area contributed by atoms with Gasteiger partial charge >= 0.3 is 0 Å². The Bertz CT molecular complexity index is 425. The van der Waals surface area contributed by atoms with E-state index < -0.39 is 0 Å². The molecule has 0 amide bonds. The molecule has 0 aromatic carbocycles. The van der Waals surface area contributed by atoms with E-state index in [1.165, 1.54) is 10.0 Å². The predicted octanol–water partition coefficient (Wildman–Crippen LogP) is 2.56. The molecule has 1 aromatic rings. The molecule has 20 heavy (non-hydrogen) atoms. The number of thiazole rings is 1. The molecule has 1 fully saturated rings. The van der Waals surface area contributed by atoms with Gasteiger partial charge in [-0.2, -0.15) is 0 Å². The molecular formula is C15H28N4S. The Hall–Kier alpha value is -0.650. The fraction of sp³-hybridized carbons (Fsp3) is 0.800. The zero-order chi connectivity index (χ0) is 14.9. The Morgan fingerprint density at radius 2 is 1.90 bits per heavy atom. The molecule has 2 rings (SSSR count). The highest BCUT2D eigenvalue weighted by molar-refractivity contribution is 7.15. The average Bonchev–Trinajstić information content (AvgIpc) is 2.81. The van der Waals surface area contributed by atoms with Gasteiger partial charge in [0.05, 0.1) is 0 Å². The first-order chi connectivity index (χ1) is 9.26. The van der Waals surface area contributed by atoms with E-state index >= 15 is 0 Å². The number of piperazine rings is 1. The summed E-state index contributed by atoms with van der Waals surface area (Å²) in [6.45, 7) is 14.2. The van der Waals surface area contributed by atoms with Crippen molar-refractivity contribution in [2.45, 2.75) is 58.8 Å². The molecule has 0 bridgehead atoms. The van der Waals surface area contributed by atoms with Crippen molar-refractivity contribution in [3.63, 3.8) is 0 Å². The molecule has 1 aliphatic heterocycles. The van der Waals surface area contributed by atoms with Crippen LogP contribution in [0.2, 0.25) is 0 Å². The fourth-order valence-electron chi connectivity index (χ4n) is 2.44. The molecule has 0 radical (unpaired) electrons. The number of hydrogen-bond donors (Lipinski definition) is 1. The van der Waals surface area contributed by atoms with Gasteiger partial charge < -0.3 is 10.2 Å². The predicted molar refractivity (Wildman–Crippen MR) is 87.6 cm³/mol. The van der Waals surface area contributed by atoms with E-state index in [1.807, 2.05) is 17.5 Å². The molecule has 0 aliphatic carbocycles. The maximum absolute atomic E-state index is 4.62. The molecule has 2 unspecified atom stereocenters. The number of nitrogens with zero attached hydrogens (tertiary/aromatic N) is 3. The average molecular weight is 296 g/mol. The topological polar surface area (TPSA) is 31.4 Å². The van der Waals surface area contributed by atoms with Crippen molar-refractivity contribution in [3.8, 4) is 0 Å². The van der Waals surface area contributed by atoms with Gasteiger partial charge in [-0.1, -0.05) is 0 Å². The second-order valence-corrected chi connectivity index (χ2v) is 8.07. The van der Waals surface area contributed by atoms with Crippen molar-refractivity contribution in [1.29, 1.82) is 0 Å². The Balaban J connectivity index is 1.98. The molecule has 1 aliphatic rings. The molecular weight excluding hydrogens is 268 g/mol. The van der Waals surface area contributed by atoms with Gasteiger partial charge in [0.15, 0.2) is 5.13 Å². The standard InChI is InChI=1S/C15H28N4S/c1-11-9-19(10-12(2)18(11)6)14-16-7-13(20-14)8-17-15(3,4)5/h7,11-12,17H,8-10H2,1-6H3. The Morgan fingerprint density at radius 1 is 1.30 bits per heavy atom. The summed E-state index contributed by atoms with van der Waals surface area (Å²) >= 11 is 1.82. The first kappa shape index (κ1) is 15.7. The molecule has 2 heterocycles. The van der Waals surface area contributed by atoms with E-state index in [4.69, 9.17) is 0 Å². The third kappa shape index (κ3) is 3.93. The van der Waals surface area contributed by atoms with E-state index in [1.54, 1.807) is 0 Å². The molecule has 0 saturated carbocycles. The summed E-state index contributed by atoms with van der Waals surface area (Å²) in [5, 5.41) is 4.69. The summed E-state index contributed by atoms with van der Waals surface area (Å²) in [7, 11) is 2.22. The van der Waals surface area contributed by atoms with Gasteiger partial charge in [0, 0.05) is 48.3 Å². The summed E-state index contributed by atoms with van der Waals surface area (Å²) in [5.41, 5.74) is 0.154. The Morgan fingerprint density at radius 3 is 2.45 bits per heavy atom. The number of aromatic nitrogens is 1. The second kappa shape index (κ2) is 6.00. The lowest BCUT2D eigenvalue weighted by atomic mass is 10.1. The van der Waals surface area contributed by atoms with Crippen LogP contribution in [0, 0.1) is 0 Å². The highest BCUT2D eigenvalue weighted by Crippen LogP contribution is 2.26. The van der Waals surface area contributed by atoms with Crippen LogP contribution in [-0.2, 0) is 6.54 Å². The number of hydrogen-bond acceptors (Lipinski definition) is 5. The largest absolute Gasteiger partial charge is 0.345 e. The molecule has 1 N–H and O–H groups in total. The minimum absolute atomic E-state index is 0.154. The van der Waals surface area contributed by atoms with Crippen LogP contribution in [0.3, 0.4) is 0 Å². The lowest BCUT2D eigenvalue weighted by molar-refractivity contribution is 0.170. The molecule has 2 atom stereocenters. The van der Waals surface area contributed by atoms with Crippen LogP contribution in [0.4, 0.5) is 5.13 Å². The summed E-state index contributed by atoms with van der Waals surface area (Å²) in [6.07, 6.45) is 2.02. The van der Waals surface area contributed by atoms with Crippen molar-refractivity contribution < 1.29 is 0 Å². The maximum atomic E-state index is 4.62. The van der Waals surface area contributed by atoms with Crippen LogP contribution >= 0.6 is 11.3 Å². The quantitative estimate of drug-likeness (QED) is 0.929. The van der Waals surface area contributed by atoms with E-state index in [2.05, 4.69) is 61.8 Å². The van der Waals surface area contributed by atoms with Crippen LogP contribution < -0.4 is 10.2 Å². The van der Waals surface area contributed by atoms with Gasteiger partial charge in [0.25, 0.3) is 0 Å². The monoisotopic (exact) mass is 296 g/mol. The third-order valence-corrected chi connectivity index (χ3v) is 5.02. The number of rotatable bonds is 3. The second-order valence-electron chi connectivity index (χ2n) is 6.98. The number of likely N-dealkylation sites (N-methyl/N-ethyl adjacent to an activating group) is 1. The van der Waals surface area contributed by atoms with Gasteiger partial charge in [-0.3, -0.25) is 4.90 Å². The molecule has 0 spiro atoms. The van der Waals surface area contributed by atoms with Crippen LogP contribution in [0.1, 0.15) is 39.5 Å². The molecule has 4 nitrogen and oxygen atoms in total. The zero-order valence-corrected chi connectivity index (χ0v) is 14.4. The van der Waals surface area contributed by atoms with Crippen LogP contribution in [0.5, 0.6) is 0 Å². The Kier molecular flexibility index (Phi) is 4.72. The van der Waals surface area contributed by atoms with Crippen molar-refractivity contribution in [2.24, 2.45) is 0 Å². The summed E-state index contributed by atoms with van der Waals surface area (Å²) in [5.74, 6) is 0. The number of nitrogens with one attached hydrogen (secondary N) is 1. The summed E-state index contributed by atoms with van der Waals surface area (Å²) in [6, 6.07) is 1.16. The van der Waals surface area contributed by atoms with E-state index in [-0.39, 0.29) is 5.54 Å². The lowest BCUT2D eigenvalue weighted by Crippen LogP contribution is -2.55. The maximum Gasteiger partial charge on any atom is 0.185 e. The normalized spacial score (nSPS) is 25.2. The van der Waals surface area contributed by atoms with Crippen LogP contribution in [-0.4, -0.2) is 47.6 Å². The third-order valence-electron chi connectivity index (χ3n) is 3.96. The minimum Gasteiger partial charge on any atom is -0.345 e. The first-order valence-electron chi connectivity index (χ1n) is 7.43. The van der Waals surface area contributed by atoms with Crippen LogP contribution in [0.25, 0.3) is 0 Å². The summed E-state index contributed by atoms with van der Waals surface area (Å²) < 4.78 is 0. The van der Waals surface area contributed by atoms with Crippen LogP contribution in [0.15, 0.2) is 6.20 Å². The minimum atomic E-state index is 0.154. The molecule has 5 heteroatoms. The molecule has 1 aromatic heterocycles. The summed E-state index contributed by atoms with van der Waals surface area (Å²) in [4.78, 5) is 10.8.